The predicted molar refractivity (Wildman–Crippen MR) is 151 cm³/mol. The summed E-state index contributed by atoms with van der Waals surface area (Å²) in [6.45, 7) is 15.8. The highest BCUT2D eigenvalue weighted by Crippen LogP contribution is 2.41. The number of phenols is 1. The van der Waals surface area contributed by atoms with E-state index in [4.69, 9.17) is 9.11 Å². The Bertz CT molecular complexity index is 1220. The van der Waals surface area contributed by atoms with E-state index in [2.05, 4.69) is 34.1 Å². The summed E-state index contributed by atoms with van der Waals surface area (Å²) in [5.41, 5.74) is 1.07. The molecular weight excluding hydrogens is 544 g/mol. The highest BCUT2D eigenvalue weighted by Gasteiger charge is 2.27. The highest BCUT2D eigenvalue weighted by atomic mass is 32.2. The Labute approximate surface area is 233 Å². The van der Waals surface area contributed by atoms with Gasteiger partial charge in [0.2, 0.25) is 0 Å². The summed E-state index contributed by atoms with van der Waals surface area (Å²) in [5, 5.41) is 11.3. The fraction of sp³-hybridized carbons (Fsp3) is 0.654. The lowest BCUT2D eigenvalue weighted by molar-refractivity contribution is 0.423. The minimum absolute atomic E-state index is 0.160. The molecule has 1 aromatic heterocycles. The minimum atomic E-state index is -4.95. The van der Waals surface area contributed by atoms with Crippen LogP contribution in [0.2, 0.25) is 0 Å². The number of aromatic hydroxyl groups is 1. The normalized spacial score (nSPS) is 12.6. The monoisotopic (exact) mass is 588 g/mol. The molecule has 2 rings (SSSR count). The van der Waals surface area contributed by atoms with Crippen molar-refractivity contribution >= 4 is 25.9 Å². The van der Waals surface area contributed by atoms with Crippen molar-refractivity contribution in [3.63, 3.8) is 0 Å². The van der Waals surface area contributed by atoms with Gasteiger partial charge in [-0.1, -0.05) is 93.9 Å². The SMILES string of the molecule is CC(C)(C)c1cc(NCc2nc(S(=O)(=O)O)nc(S(=O)(=O)O)n2)cc(C(C)(C)C)c1O.CCCCCCCC. The van der Waals surface area contributed by atoms with Gasteiger partial charge in [-0.2, -0.15) is 31.8 Å². The Hall–Kier alpha value is -2.35. The highest BCUT2D eigenvalue weighted by molar-refractivity contribution is 7.86. The van der Waals surface area contributed by atoms with Gasteiger partial charge in [0.15, 0.2) is 5.82 Å². The van der Waals surface area contributed by atoms with E-state index in [1.54, 1.807) is 12.1 Å². The van der Waals surface area contributed by atoms with Crippen LogP contribution < -0.4 is 5.32 Å². The lowest BCUT2D eigenvalue weighted by atomic mass is 9.79. The third-order valence-electron chi connectivity index (χ3n) is 5.74. The van der Waals surface area contributed by atoms with Gasteiger partial charge in [0.1, 0.15) is 5.75 Å². The Morgan fingerprint density at radius 2 is 1.10 bits per heavy atom. The quantitative estimate of drug-likeness (QED) is 0.153. The molecule has 0 saturated carbocycles. The largest absolute Gasteiger partial charge is 0.507 e. The molecule has 0 unspecified atom stereocenters. The molecule has 1 aromatic carbocycles. The number of unbranched alkanes of at least 4 members (excludes halogenated alkanes) is 5. The lowest BCUT2D eigenvalue weighted by Gasteiger charge is -2.28. The van der Waals surface area contributed by atoms with E-state index in [-0.39, 0.29) is 18.1 Å². The van der Waals surface area contributed by atoms with Crippen LogP contribution in [0.1, 0.15) is 111 Å². The number of nitrogens with one attached hydrogen (secondary N) is 1. The third kappa shape index (κ3) is 11.3. The predicted octanol–water partition coefficient (Wildman–Crippen LogP) is 5.64. The third-order valence-corrected chi connectivity index (χ3v) is 7.02. The molecule has 0 amide bonds. The van der Waals surface area contributed by atoms with E-state index in [9.17, 15) is 21.9 Å². The second-order valence-corrected chi connectivity index (χ2v) is 14.1. The first-order chi connectivity index (χ1) is 17.7. The van der Waals surface area contributed by atoms with Crippen LogP contribution in [0, 0.1) is 0 Å². The van der Waals surface area contributed by atoms with Gasteiger partial charge in [-0.05, 0) is 23.0 Å². The van der Waals surface area contributed by atoms with Crippen LogP contribution in [0.3, 0.4) is 0 Å². The summed E-state index contributed by atoms with van der Waals surface area (Å²) in [6, 6.07) is 3.41. The van der Waals surface area contributed by atoms with Gasteiger partial charge < -0.3 is 10.4 Å². The van der Waals surface area contributed by atoms with Crippen molar-refractivity contribution in [2.45, 2.75) is 122 Å². The molecule has 0 saturated heterocycles. The van der Waals surface area contributed by atoms with Gasteiger partial charge >= 0.3 is 20.2 Å². The molecule has 0 fully saturated rings. The van der Waals surface area contributed by atoms with Crippen molar-refractivity contribution in [3.05, 3.63) is 29.1 Å². The molecule has 39 heavy (non-hydrogen) atoms. The molecule has 0 spiro atoms. The van der Waals surface area contributed by atoms with Crippen LogP contribution >= 0.6 is 0 Å². The van der Waals surface area contributed by atoms with Crippen LogP contribution in [0.4, 0.5) is 5.69 Å². The summed E-state index contributed by atoms with van der Waals surface area (Å²) in [6.07, 6.45) is 8.49. The molecule has 0 bridgehead atoms. The minimum Gasteiger partial charge on any atom is -0.507 e. The zero-order valence-corrected chi connectivity index (χ0v) is 25.9. The Morgan fingerprint density at radius 3 is 1.41 bits per heavy atom. The average Bonchev–Trinajstić information content (AvgIpc) is 2.79. The van der Waals surface area contributed by atoms with Crippen molar-refractivity contribution in [3.8, 4) is 5.75 Å². The van der Waals surface area contributed by atoms with E-state index >= 15 is 0 Å². The van der Waals surface area contributed by atoms with E-state index in [1.807, 2.05) is 41.5 Å². The molecule has 0 aliphatic carbocycles. The second kappa shape index (κ2) is 13.8. The van der Waals surface area contributed by atoms with Gasteiger partial charge in [0, 0.05) is 16.8 Å². The summed E-state index contributed by atoms with van der Waals surface area (Å²) >= 11 is 0. The maximum absolute atomic E-state index is 11.4. The number of anilines is 1. The summed E-state index contributed by atoms with van der Waals surface area (Å²) in [5.74, 6) is -0.189. The summed E-state index contributed by atoms with van der Waals surface area (Å²) in [4.78, 5) is 10.2. The molecule has 0 radical (unpaired) electrons. The topological polar surface area (TPSA) is 180 Å². The Balaban J connectivity index is 0.000000824. The second-order valence-electron chi connectivity index (χ2n) is 11.5. The zero-order chi connectivity index (χ0) is 30.2. The standard InChI is InChI=1S/C18H26N4O7S2.C8H18/c1-17(2,3)11-7-10(8-12(14(11)23)18(4,5)6)19-9-13-20-15(30(24,25)26)22-16(21-13)31(27,28)29;1-3-5-7-8-6-4-2/h7-8,19,23H,9H2,1-6H3,(H,24,25,26)(H,27,28,29);3-8H2,1-2H3. The molecule has 0 aliphatic heterocycles. The molecule has 13 heteroatoms. The van der Waals surface area contributed by atoms with Crippen molar-refractivity contribution in [1.82, 2.24) is 15.0 Å². The number of hydrogen-bond acceptors (Lipinski definition) is 9. The average molecular weight is 589 g/mol. The lowest BCUT2D eigenvalue weighted by Crippen LogP contribution is -2.19. The molecule has 1 heterocycles. The molecule has 0 aliphatic rings. The Kier molecular flexibility index (Phi) is 12.3. The number of aromatic nitrogens is 3. The number of phenolic OH excluding ortho intramolecular Hbond substituents is 1. The van der Waals surface area contributed by atoms with E-state index < -0.39 is 41.4 Å². The van der Waals surface area contributed by atoms with Crippen LogP contribution in [0.15, 0.2) is 22.4 Å². The molecule has 2 aromatic rings. The van der Waals surface area contributed by atoms with Gasteiger partial charge in [0.25, 0.3) is 10.3 Å². The maximum atomic E-state index is 11.4. The van der Waals surface area contributed by atoms with Gasteiger partial charge in [-0.3, -0.25) is 9.11 Å². The molecule has 4 N–H and O–H groups in total. The fourth-order valence-corrected chi connectivity index (χ4v) is 4.50. The number of benzene rings is 1. The van der Waals surface area contributed by atoms with E-state index in [0.29, 0.717) is 16.8 Å². The number of nitrogens with zero attached hydrogens (tertiary/aromatic N) is 3. The Morgan fingerprint density at radius 1 is 0.718 bits per heavy atom. The van der Waals surface area contributed by atoms with Gasteiger partial charge in [-0.25, -0.2) is 0 Å². The van der Waals surface area contributed by atoms with Crippen LogP contribution in [0.5, 0.6) is 5.75 Å². The number of rotatable bonds is 10. The van der Waals surface area contributed by atoms with Crippen LogP contribution in [-0.2, 0) is 37.6 Å². The smallest absolute Gasteiger partial charge is 0.330 e. The zero-order valence-electron chi connectivity index (χ0n) is 24.2. The molecule has 11 nitrogen and oxygen atoms in total. The maximum Gasteiger partial charge on any atom is 0.330 e. The first kappa shape index (κ1) is 34.7. The van der Waals surface area contributed by atoms with Crippen molar-refractivity contribution < 1.29 is 31.0 Å². The first-order valence-electron chi connectivity index (χ1n) is 13.0. The molecule has 222 valence electrons. The summed E-state index contributed by atoms with van der Waals surface area (Å²) < 4.78 is 63.8. The van der Waals surface area contributed by atoms with Crippen molar-refractivity contribution in [2.24, 2.45) is 0 Å². The molecule has 0 atom stereocenters. The van der Waals surface area contributed by atoms with Crippen molar-refractivity contribution in [2.75, 3.05) is 5.32 Å². The fourth-order valence-electron chi connectivity index (χ4n) is 3.60. The van der Waals surface area contributed by atoms with Gasteiger partial charge in [0.05, 0.1) is 6.54 Å². The van der Waals surface area contributed by atoms with Gasteiger partial charge in [-0.15, -0.1) is 0 Å². The first-order valence-corrected chi connectivity index (χ1v) is 15.9. The molecular formula is C26H44N4O7S2. The number of hydrogen-bond donors (Lipinski definition) is 4. The van der Waals surface area contributed by atoms with E-state index in [1.165, 1.54) is 38.5 Å². The summed E-state index contributed by atoms with van der Waals surface area (Å²) in [7, 11) is -9.89. The van der Waals surface area contributed by atoms with Crippen LogP contribution in [0.25, 0.3) is 0 Å². The van der Waals surface area contributed by atoms with Crippen LogP contribution in [-0.4, -0.2) is 46.0 Å². The van der Waals surface area contributed by atoms with E-state index in [0.717, 1.165) is 0 Å². The van der Waals surface area contributed by atoms with Crippen molar-refractivity contribution in [1.29, 1.82) is 0 Å².